The van der Waals surface area contributed by atoms with Gasteiger partial charge in [-0.05, 0) is 42.5 Å². The summed E-state index contributed by atoms with van der Waals surface area (Å²) in [7, 11) is 0. The van der Waals surface area contributed by atoms with Crippen molar-refractivity contribution in [1.29, 1.82) is 0 Å². The van der Waals surface area contributed by atoms with Crippen molar-refractivity contribution in [3.8, 4) is 34.1 Å². The van der Waals surface area contributed by atoms with Crippen LogP contribution in [0.5, 0.6) is 11.5 Å². The molecule has 0 fully saturated rings. The minimum absolute atomic E-state index is 0.155. The van der Waals surface area contributed by atoms with Crippen molar-refractivity contribution >= 4 is 34.0 Å². The molecule has 0 bridgehead atoms. The maximum Gasteiger partial charge on any atom is 0.231 e. The number of anilines is 1. The molecular formula is C22H16ClN3O4S. The van der Waals surface area contributed by atoms with Crippen molar-refractivity contribution in [2.75, 3.05) is 12.1 Å². The highest BCUT2D eigenvalue weighted by Crippen LogP contribution is 2.36. The molecule has 4 aromatic rings. The largest absolute Gasteiger partial charge is 0.454 e. The fraction of sp³-hybridized carbons (Fsp3) is 0.136. The average Bonchev–Trinajstić information content (AvgIpc) is 3.53. The van der Waals surface area contributed by atoms with E-state index in [1.165, 1.54) is 11.3 Å². The van der Waals surface area contributed by atoms with Crippen molar-refractivity contribution in [3.05, 3.63) is 65.0 Å². The maximum absolute atomic E-state index is 12.3. The smallest absolute Gasteiger partial charge is 0.231 e. The van der Waals surface area contributed by atoms with Crippen LogP contribution in [0.3, 0.4) is 0 Å². The van der Waals surface area contributed by atoms with Gasteiger partial charge in [0, 0.05) is 34.4 Å². The lowest BCUT2D eigenvalue weighted by Crippen LogP contribution is -2.12. The molecule has 0 atom stereocenters. The molecule has 3 heterocycles. The highest BCUT2D eigenvalue weighted by Gasteiger charge is 2.16. The lowest BCUT2D eigenvalue weighted by molar-refractivity contribution is -0.116. The van der Waals surface area contributed by atoms with Gasteiger partial charge in [-0.2, -0.15) is 0 Å². The summed E-state index contributed by atoms with van der Waals surface area (Å²) >= 11 is 7.27. The second-order valence-corrected chi connectivity index (χ2v) is 8.07. The first kappa shape index (κ1) is 19.6. The topological polar surface area (TPSA) is 86.5 Å². The minimum Gasteiger partial charge on any atom is -0.454 e. The standard InChI is InChI=1S/C22H16ClN3O4S/c23-15-4-1-13(2-5-15)19-10-24-21(30-19)8-7-20(27)26-22-25-16(11-31-22)14-3-6-17-18(9-14)29-12-28-17/h1-6,9-11H,7-8,12H2,(H,25,26,27). The number of aromatic nitrogens is 2. The van der Waals surface area contributed by atoms with Gasteiger partial charge in [0.2, 0.25) is 12.7 Å². The fourth-order valence-corrected chi connectivity index (χ4v) is 3.96. The number of carbonyl (C=O) groups is 1. The molecular weight excluding hydrogens is 438 g/mol. The first-order chi connectivity index (χ1) is 15.1. The number of hydrogen-bond donors (Lipinski definition) is 1. The van der Waals surface area contributed by atoms with Crippen LogP contribution < -0.4 is 14.8 Å². The number of nitrogens with zero attached hydrogens (tertiary/aromatic N) is 2. The summed E-state index contributed by atoms with van der Waals surface area (Å²) in [5.41, 5.74) is 2.54. The minimum atomic E-state index is -0.155. The Kier molecular flexibility index (Phi) is 5.31. The third kappa shape index (κ3) is 4.40. The van der Waals surface area contributed by atoms with Crippen LogP contribution in [-0.4, -0.2) is 22.7 Å². The van der Waals surface area contributed by atoms with Crippen LogP contribution in [0.15, 0.2) is 58.5 Å². The van der Waals surface area contributed by atoms with Crippen LogP contribution in [0, 0.1) is 0 Å². The number of oxazole rings is 1. The first-order valence-corrected chi connectivity index (χ1v) is 10.8. The number of hydrogen-bond acceptors (Lipinski definition) is 7. The van der Waals surface area contributed by atoms with Gasteiger partial charge in [-0.1, -0.05) is 11.6 Å². The lowest BCUT2D eigenvalue weighted by Gasteiger charge is -2.01. The van der Waals surface area contributed by atoms with E-state index in [2.05, 4.69) is 15.3 Å². The van der Waals surface area contributed by atoms with Gasteiger partial charge in [-0.25, -0.2) is 9.97 Å². The average molecular weight is 454 g/mol. The van der Waals surface area contributed by atoms with E-state index in [1.54, 1.807) is 18.3 Å². The van der Waals surface area contributed by atoms with Gasteiger partial charge in [0.15, 0.2) is 28.3 Å². The van der Waals surface area contributed by atoms with E-state index in [0.29, 0.717) is 34.0 Å². The molecule has 31 heavy (non-hydrogen) atoms. The quantitative estimate of drug-likeness (QED) is 0.419. The molecule has 0 radical (unpaired) electrons. The second-order valence-electron chi connectivity index (χ2n) is 6.78. The van der Waals surface area contributed by atoms with Gasteiger partial charge >= 0.3 is 0 Å². The molecule has 2 aromatic carbocycles. The summed E-state index contributed by atoms with van der Waals surface area (Å²) < 4.78 is 16.5. The van der Waals surface area contributed by atoms with Gasteiger partial charge in [0.05, 0.1) is 11.9 Å². The molecule has 1 aliphatic heterocycles. The number of nitrogens with one attached hydrogen (secondary N) is 1. The maximum atomic E-state index is 12.3. The Hall–Kier alpha value is -3.36. The number of fused-ring (bicyclic) bond motifs is 1. The summed E-state index contributed by atoms with van der Waals surface area (Å²) in [5, 5.41) is 5.91. The molecule has 7 nitrogen and oxygen atoms in total. The van der Waals surface area contributed by atoms with Crippen LogP contribution >= 0.6 is 22.9 Å². The predicted octanol–water partition coefficient (Wildman–Crippen LogP) is 5.42. The highest BCUT2D eigenvalue weighted by atomic mass is 35.5. The molecule has 0 saturated heterocycles. The molecule has 2 aromatic heterocycles. The molecule has 0 aliphatic carbocycles. The van der Waals surface area contributed by atoms with E-state index in [9.17, 15) is 4.79 Å². The molecule has 1 aliphatic rings. The molecule has 1 amide bonds. The molecule has 0 unspecified atom stereocenters. The number of amides is 1. The third-order valence-corrected chi connectivity index (χ3v) is 5.68. The Bertz CT molecular complexity index is 1240. The number of ether oxygens (including phenoxy) is 2. The SMILES string of the molecule is O=C(CCc1ncc(-c2ccc(Cl)cc2)o1)Nc1nc(-c2ccc3c(c2)OCO3)cs1. The van der Waals surface area contributed by atoms with Crippen molar-refractivity contribution in [3.63, 3.8) is 0 Å². The Labute approximate surface area is 186 Å². The molecule has 0 saturated carbocycles. The Balaban J connectivity index is 1.18. The zero-order chi connectivity index (χ0) is 21.2. The molecule has 5 rings (SSSR count). The van der Waals surface area contributed by atoms with E-state index >= 15 is 0 Å². The summed E-state index contributed by atoms with van der Waals surface area (Å²) in [4.78, 5) is 21.1. The van der Waals surface area contributed by atoms with Crippen LogP contribution in [0.4, 0.5) is 5.13 Å². The van der Waals surface area contributed by atoms with Crippen molar-refractivity contribution in [2.45, 2.75) is 12.8 Å². The lowest BCUT2D eigenvalue weighted by atomic mass is 10.1. The van der Waals surface area contributed by atoms with Gasteiger partial charge in [0.1, 0.15) is 0 Å². The van der Waals surface area contributed by atoms with Gasteiger partial charge in [0.25, 0.3) is 0 Å². The zero-order valence-electron chi connectivity index (χ0n) is 16.1. The van der Waals surface area contributed by atoms with E-state index in [0.717, 1.165) is 22.6 Å². The first-order valence-electron chi connectivity index (χ1n) is 9.50. The van der Waals surface area contributed by atoms with E-state index in [1.807, 2.05) is 35.7 Å². The normalized spacial score (nSPS) is 12.2. The monoisotopic (exact) mass is 453 g/mol. The second kappa shape index (κ2) is 8.41. The van der Waals surface area contributed by atoms with Crippen LogP contribution in [0.1, 0.15) is 12.3 Å². The zero-order valence-corrected chi connectivity index (χ0v) is 17.7. The number of aryl methyl sites for hydroxylation is 1. The molecule has 156 valence electrons. The van der Waals surface area contributed by atoms with Gasteiger partial charge in [-0.3, -0.25) is 4.79 Å². The Morgan fingerprint density at radius 1 is 1.10 bits per heavy atom. The fourth-order valence-electron chi connectivity index (χ4n) is 3.10. The number of rotatable bonds is 6. The van der Waals surface area contributed by atoms with Gasteiger partial charge < -0.3 is 19.2 Å². The predicted molar refractivity (Wildman–Crippen MR) is 118 cm³/mol. The summed E-state index contributed by atoms with van der Waals surface area (Å²) in [6.45, 7) is 0.225. The number of carbonyl (C=O) groups excluding carboxylic acids is 1. The highest BCUT2D eigenvalue weighted by molar-refractivity contribution is 7.14. The van der Waals surface area contributed by atoms with E-state index in [4.69, 9.17) is 25.5 Å². The van der Waals surface area contributed by atoms with Crippen LogP contribution in [0.25, 0.3) is 22.6 Å². The molecule has 1 N–H and O–H groups in total. The number of halogens is 1. The summed E-state index contributed by atoms with van der Waals surface area (Å²) in [5.74, 6) is 2.40. The van der Waals surface area contributed by atoms with Crippen molar-refractivity contribution in [1.82, 2.24) is 9.97 Å². The number of benzene rings is 2. The van der Waals surface area contributed by atoms with E-state index in [-0.39, 0.29) is 19.1 Å². The van der Waals surface area contributed by atoms with Crippen molar-refractivity contribution < 1.29 is 18.7 Å². The molecule has 9 heteroatoms. The van der Waals surface area contributed by atoms with Gasteiger partial charge in [-0.15, -0.1) is 11.3 Å². The van der Waals surface area contributed by atoms with E-state index < -0.39 is 0 Å². The number of thiazole rings is 1. The Morgan fingerprint density at radius 3 is 2.77 bits per heavy atom. The third-order valence-electron chi connectivity index (χ3n) is 4.67. The Morgan fingerprint density at radius 2 is 1.90 bits per heavy atom. The summed E-state index contributed by atoms with van der Waals surface area (Å²) in [6, 6.07) is 12.9. The molecule has 0 spiro atoms. The van der Waals surface area contributed by atoms with Crippen LogP contribution in [-0.2, 0) is 11.2 Å². The summed E-state index contributed by atoms with van der Waals surface area (Å²) in [6.07, 6.45) is 2.27. The van der Waals surface area contributed by atoms with Crippen LogP contribution in [0.2, 0.25) is 5.02 Å². The van der Waals surface area contributed by atoms with Crippen molar-refractivity contribution in [2.24, 2.45) is 0 Å².